The zero-order valence-corrected chi connectivity index (χ0v) is 16.9. The van der Waals surface area contributed by atoms with Crippen molar-refractivity contribution in [1.29, 1.82) is 0 Å². The van der Waals surface area contributed by atoms with Gasteiger partial charge in [-0.15, -0.1) is 11.3 Å². The topological polar surface area (TPSA) is 102 Å². The summed E-state index contributed by atoms with van der Waals surface area (Å²) >= 11 is 8.27. The van der Waals surface area contributed by atoms with E-state index in [4.69, 9.17) is 25.8 Å². The molecule has 3 aromatic rings. The van der Waals surface area contributed by atoms with Crippen LogP contribution in [0.2, 0.25) is 5.02 Å². The van der Waals surface area contributed by atoms with E-state index in [9.17, 15) is 5.11 Å². The minimum atomic E-state index is -0.613. The van der Waals surface area contributed by atoms with E-state index in [-0.39, 0.29) is 31.0 Å². The molecule has 152 valence electrons. The van der Waals surface area contributed by atoms with Crippen LogP contribution in [0.3, 0.4) is 0 Å². The molecule has 0 saturated carbocycles. The number of imidazole rings is 1. The first-order valence-electron chi connectivity index (χ1n) is 9.63. The largest absolute Gasteiger partial charge is 0.456 e. The number of pyridine rings is 1. The van der Waals surface area contributed by atoms with Crippen LogP contribution in [0.1, 0.15) is 22.9 Å². The second-order valence-electron chi connectivity index (χ2n) is 7.59. The fourth-order valence-corrected chi connectivity index (χ4v) is 5.52. The predicted molar refractivity (Wildman–Crippen MR) is 108 cm³/mol. The summed E-state index contributed by atoms with van der Waals surface area (Å²) < 4.78 is 17.1. The number of aliphatic hydroxyl groups excluding tert-OH is 1. The Morgan fingerprint density at radius 3 is 3.10 bits per heavy atom. The second-order valence-corrected chi connectivity index (χ2v) is 8.99. The van der Waals surface area contributed by atoms with Gasteiger partial charge in [-0.05, 0) is 35.9 Å². The number of nitrogens with one attached hydrogen (secondary N) is 2. The monoisotopic (exact) mass is 434 g/mol. The molecule has 3 N–H and O–H groups in total. The number of hydrogen-bond acceptors (Lipinski definition) is 8. The fourth-order valence-electron chi connectivity index (χ4n) is 4.35. The van der Waals surface area contributed by atoms with Crippen molar-refractivity contribution >= 4 is 39.9 Å². The standard InChI is InChI=1S/C19H19ClN4O4S/c20-9-5-11-18(23-17(9)21-10-1-2-14-8(10)3-4-29-14)24-19(22-11)28-13-7-27-15-12(25)6-26-16(13)15/h3-5,10,12-13,15-16,25H,1-2,6-7H2,(H2,21,22,23,24)/t10?,12-,13-,15-,16-/m1/s1. The Kier molecular flexibility index (Phi) is 4.21. The third-order valence-corrected chi connectivity index (χ3v) is 7.06. The van der Waals surface area contributed by atoms with E-state index >= 15 is 0 Å². The first kappa shape index (κ1) is 17.9. The Morgan fingerprint density at radius 2 is 2.17 bits per heavy atom. The number of halogens is 1. The van der Waals surface area contributed by atoms with Gasteiger partial charge in [0.2, 0.25) is 0 Å². The number of aryl methyl sites for hydroxylation is 1. The van der Waals surface area contributed by atoms with Crippen molar-refractivity contribution < 1.29 is 19.3 Å². The van der Waals surface area contributed by atoms with Gasteiger partial charge >= 0.3 is 0 Å². The van der Waals surface area contributed by atoms with Crippen LogP contribution < -0.4 is 10.1 Å². The molecule has 0 bridgehead atoms. The van der Waals surface area contributed by atoms with Gasteiger partial charge in [-0.3, -0.25) is 0 Å². The molecule has 0 amide bonds. The summed E-state index contributed by atoms with van der Waals surface area (Å²) in [7, 11) is 0. The van der Waals surface area contributed by atoms with E-state index in [1.807, 2.05) is 0 Å². The molecule has 3 aromatic heterocycles. The van der Waals surface area contributed by atoms with Crippen molar-refractivity contribution in [1.82, 2.24) is 15.0 Å². The van der Waals surface area contributed by atoms with Gasteiger partial charge in [0, 0.05) is 4.88 Å². The highest BCUT2D eigenvalue weighted by atomic mass is 35.5. The smallest absolute Gasteiger partial charge is 0.296 e. The van der Waals surface area contributed by atoms with Crippen LogP contribution in [-0.4, -0.2) is 57.7 Å². The molecular formula is C19H19ClN4O4S. The molecule has 10 heteroatoms. The Balaban J connectivity index is 1.23. The zero-order valence-electron chi connectivity index (χ0n) is 15.3. The van der Waals surface area contributed by atoms with E-state index in [0.717, 1.165) is 12.8 Å². The maximum atomic E-state index is 9.86. The third kappa shape index (κ3) is 3.00. The average Bonchev–Trinajstić information content (AvgIpc) is 3.47. The number of H-pyrrole nitrogens is 1. The number of aromatic nitrogens is 3. The first-order valence-corrected chi connectivity index (χ1v) is 10.9. The van der Waals surface area contributed by atoms with E-state index in [1.54, 1.807) is 17.4 Å². The Labute approximate surface area is 175 Å². The summed E-state index contributed by atoms with van der Waals surface area (Å²) in [5, 5.41) is 16.0. The molecule has 29 heavy (non-hydrogen) atoms. The lowest BCUT2D eigenvalue weighted by Crippen LogP contribution is -2.34. The third-order valence-electron chi connectivity index (χ3n) is 5.78. The SMILES string of the molecule is O[C@@H]1CO[C@H]2[C@@H]1OC[C@H]2Oc1nc2nc(NC3CCc4sccc43)c(Cl)cc2[nH]1. The Hall–Kier alpha value is -1.91. The molecule has 1 aliphatic carbocycles. The van der Waals surface area contributed by atoms with Crippen molar-refractivity contribution in [2.24, 2.45) is 0 Å². The highest BCUT2D eigenvalue weighted by Crippen LogP contribution is 2.38. The normalized spacial score (nSPS) is 30.6. The number of ether oxygens (including phenoxy) is 3. The minimum Gasteiger partial charge on any atom is -0.456 e. The summed E-state index contributed by atoms with van der Waals surface area (Å²) in [5.41, 5.74) is 2.55. The van der Waals surface area contributed by atoms with Crippen LogP contribution >= 0.6 is 22.9 Å². The summed E-state index contributed by atoms with van der Waals surface area (Å²) in [6, 6.07) is 4.52. The molecule has 2 saturated heterocycles. The molecule has 5 atom stereocenters. The fraction of sp³-hybridized carbons (Fsp3) is 0.474. The van der Waals surface area contributed by atoms with Crippen LogP contribution in [0.15, 0.2) is 17.5 Å². The van der Waals surface area contributed by atoms with Gasteiger partial charge in [0.25, 0.3) is 6.01 Å². The quantitative estimate of drug-likeness (QED) is 0.580. The van der Waals surface area contributed by atoms with Crippen molar-refractivity contribution in [3.05, 3.63) is 33.0 Å². The molecule has 8 nitrogen and oxygen atoms in total. The van der Waals surface area contributed by atoms with E-state index in [0.29, 0.717) is 34.6 Å². The Morgan fingerprint density at radius 1 is 1.28 bits per heavy atom. The maximum absolute atomic E-state index is 9.86. The predicted octanol–water partition coefficient (Wildman–Crippen LogP) is 2.68. The van der Waals surface area contributed by atoms with Crippen molar-refractivity contribution in [2.45, 2.75) is 43.3 Å². The molecular weight excluding hydrogens is 416 g/mol. The second kappa shape index (κ2) is 6.82. The molecule has 1 unspecified atom stereocenters. The molecule has 0 radical (unpaired) electrons. The van der Waals surface area contributed by atoms with Gasteiger partial charge in [0.1, 0.15) is 24.1 Å². The molecule has 2 aliphatic heterocycles. The number of rotatable bonds is 4. The summed E-state index contributed by atoms with van der Waals surface area (Å²) in [6.07, 6.45) is 0.519. The van der Waals surface area contributed by atoms with Crippen molar-refractivity contribution in [3.8, 4) is 6.01 Å². The maximum Gasteiger partial charge on any atom is 0.296 e. The highest BCUT2D eigenvalue weighted by Gasteiger charge is 2.48. The van der Waals surface area contributed by atoms with Gasteiger partial charge in [-0.1, -0.05) is 11.6 Å². The average molecular weight is 435 g/mol. The van der Waals surface area contributed by atoms with Gasteiger partial charge < -0.3 is 29.6 Å². The van der Waals surface area contributed by atoms with Gasteiger partial charge in [0.15, 0.2) is 11.8 Å². The lowest BCUT2D eigenvalue weighted by Gasteiger charge is -2.15. The molecule has 0 spiro atoms. The molecule has 3 aliphatic rings. The zero-order chi connectivity index (χ0) is 19.5. The summed E-state index contributed by atoms with van der Waals surface area (Å²) in [5.74, 6) is 0.618. The summed E-state index contributed by atoms with van der Waals surface area (Å²) in [4.78, 5) is 13.6. The number of anilines is 1. The minimum absolute atomic E-state index is 0.215. The van der Waals surface area contributed by atoms with E-state index in [2.05, 4.69) is 31.7 Å². The highest BCUT2D eigenvalue weighted by molar-refractivity contribution is 7.10. The molecule has 2 fully saturated rings. The van der Waals surface area contributed by atoms with Crippen LogP contribution in [0.4, 0.5) is 5.82 Å². The van der Waals surface area contributed by atoms with Crippen LogP contribution in [0.5, 0.6) is 6.01 Å². The summed E-state index contributed by atoms with van der Waals surface area (Å²) in [6.45, 7) is 0.601. The van der Waals surface area contributed by atoms with Crippen LogP contribution in [0, 0.1) is 0 Å². The molecule has 6 rings (SSSR count). The number of hydrogen-bond donors (Lipinski definition) is 3. The van der Waals surface area contributed by atoms with Crippen LogP contribution in [-0.2, 0) is 15.9 Å². The van der Waals surface area contributed by atoms with Crippen molar-refractivity contribution in [3.63, 3.8) is 0 Å². The van der Waals surface area contributed by atoms with Crippen molar-refractivity contribution in [2.75, 3.05) is 18.5 Å². The van der Waals surface area contributed by atoms with Crippen LogP contribution in [0.25, 0.3) is 11.2 Å². The number of aliphatic hydroxyl groups is 1. The van der Waals surface area contributed by atoms with E-state index < -0.39 is 6.10 Å². The number of thiophene rings is 1. The van der Waals surface area contributed by atoms with Gasteiger partial charge in [-0.2, -0.15) is 4.98 Å². The number of nitrogens with zero attached hydrogens (tertiary/aromatic N) is 2. The lowest BCUT2D eigenvalue weighted by atomic mass is 10.1. The lowest BCUT2D eigenvalue weighted by molar-refractivity contribution is 0.00706. The number of fused-ring (bicyclic) bond motifs is 3. The van der Waals surface area contributed by atoms with Gasteiger partial charge in [0.05, 0.1) is 29.8 Å². The number of aromatic amines is 1. The van der Waals surface area contributed by atoms with Gasteiger partial charge in [-0.25, -0.2) is 4.98 Å². The molecule has 5 heterocycles. The van der Waals surface area contributed by atoms with E-state index in [1.165, 1.54) is 10.4 Å². The Bertz CT molecular complexity index is 1070. The first-order chi connectivity index (χ1) is 14.2. The molecule has 0 aromatic carbocycles.